The van der Waals surface area contributed by atoms with E-state index in [0.29, 0.717) is 5.41 Å². The second kappa shape index (κ2) is 2.56. The van der Waals surface area contributed by atoms with Crippen LogP contribution >= 0.6 is 0 Å². The minimum atomic E-state index is 0.573. The summed E-state index contributed by atoms with van der Waals surface area (Å²) in [5.41, 5.74) is 0.573. The Kier molecular flexibility index (Phi) is 2.07. The number of hydrogen-bond acceptors (Lipinski definition) is 0. The zero-order chi connectivity index (χ0) is 7.78. The first kappa shape index (κ1) is 8.10. The van der Waals surface area contributed by atoms with Crippen molar-refractivity contribution in [3.8, 4) is 0 Å². The molecule has 0 aromatic carbocycles. The average molecular weight is 139 g/mol. The molecule has 59 valence electrons. The van der Waals surface area contributed by atoms with Crippen molar-refractivity contribution in [1.29, 1.82) is 0 Å². The van der Waals surface area contributed by atoms with Gasteiger partial charge in [-0.25, -0.2) is 0 Å². The fourth-order valence-electron chi connectivity index (χ4n) is 1.44. The van der Waals surface area contributed by atoms with E-state index in [0.717, 1.165) is 11.8 Å². The first-order valence-electron chi connectivity index (χ1n) is 4.42. The van der Waals surface area contributed by atoms with Gasteiger partial charge in [0, 0.05) is 0 Å². The van der Waals surface area contributed by atoms with Gasteiger partial charge in [-0.05, 0) is 30.1 Å². The van der Waals surface area contributed by atoms with Crippen molar-refractivity contribution in [2.75, 3.05) is 0 Å². The minimum Gasteiger partial charge on any atom is -0.0651 e. The van der Waals surface area contributed by atoms with Crippen LogP contribution in [-0.2, 0) is 0 Å². The first-order chi connectivity index (χ1) is 4.56. The van der Waals surface area contributed by atoms with E-state index in [9.17, 15) is 0 Å². The topological polar surface area (TPSA) is 0 Å². The standard InChI is InChI=1S/C10H19/c1-5-8(2)6-9-7-10(9,3)4/h7-9H,5-6H2,1-4H3. The molecule has 0 aromatic rings. The van der Waals surface area contributed by atoms with E-state index in [2.05, 4.69) is 34.1 Å². The molecular formula is C10H19. The molecule has 10 heavy (non-hydrogen) atoms. The maximum absolute atomic E-state index is 2.47. The fraction of sp³-hybridized carbons (Fsp3) is 0.900. The zero-order valence-corrected chi connectivity index (χ0v) is 7.65. The van der Waals surface area contributed by atoms with Gasteiger partial charge in [0.05, 0.1) is 0 Å². The fourth-order valence-corrected chi connectivity index (χ4v) is 1.44. The van der Waals surface area contributed by atoms with Gasteiger partial charge in [-0.15, -0.1) is 0 Å². The smallest absolute Gasteiger partial charge is 0.0289 e. The van der Waals surface area contributed by atoms with Crippen LogP contribution in [0.3, 0.4) is 0 Å². The Morgan fingerprint density at radius 1 is 1.50 bits per heavy atom. The van der Waals surface area contributed by atoms with Crippen molar-refractivity contribution in [2.45, 2.75) is 40.5 Å². The van der Waals surface area contributed by atoms with E-state index in [1.54, 1.807) is 0 Å². The Labute approximate surface area is 65.0 Å². The predicted molar refractivity (Wildman–Crippen MR) is 45.6 cm³/mol. The van der Waals surface area contributed by atoms with Gasteiger partial charge in [-0.1, -0.05) is 34.1 Å². The lowest BCUT2D eigenvalue weighted by Gasteiger charge is -2.08. The summed E-state index contributed by atoms with van der Waals surface area (Å²) < 4.78 is 0. The van der Waals surface area contributed by atoms with Gasteiger partial charge in [-0.3, -0.25) is 0 Å². The van der Waals surface area contributed by atoms with Gasteiger partial charge in [0.15, 0.2) is 0 Å². The van der Waals surface area contributed by atoms with Crippen molar-refractivity contribution in [3.63, 3.8) is 0 Å². The molecule has 0 aliphatic heterocycles. The summed E-state index contributed by atoms with van der Waals surface area (Å²) in [6.07, 6.45) is 5.21. The molecule has 1 saturated carbocycles. The predicted octanol–water partition coefficient (Wildman–Crippen LogP) is 3.28. The third kappa shape index (κ3) is 1.74. The highest BCUT2D eigenvalue weighted by molar-refractivity contribution is 5.13. The van der Waals surface area contributed by atoms with Crippen LogP contribution in [0.15, 0.2) is 0 Å². The molecule has 0 bridgehead atoms. The Bertz CT molecular complexity index is 113. The quantitative estimate of drug-likeness (QED) is 0.563. The monoisotopic (exact) mass is 139 g/mol. The van der Waals surface area contributed by atoms with Crippen LogP contribution in [0.1, 0.15) is 40.5 Å². The van der Waals surface area contributed by atoms with E-state index in [4.69, 9.17) is 0 Å². The van der Waals surface area contributed by atoms with Crippen LogP contribution in [0.25, 0.3) is 0 Å². The minimum absolute atomic E-state index is 0.573. The van der Waals surface area contributed by atoms with Crippen LogP contribution < -0.4 is 0 Å². The third-order valence-corrected chi connectivity index (χ3v) is 2.83. The van der Waals surface area contributed by atoms with Gasteiger partial charge < -0.3 is 0 Å². The molecular weight excluding hydrogens is 120 g/mol. The summed E-state index contributed by atoms with van der Waals surface area (Å²) >= 11 is 0. The van der Waals surface area contributed by atoms with Crippen molar-refractivity contribution in [3.05, 3.63) is 6.42 Å². The van der Waals surface area contributed by atoms with Gasteiger partial charge in [0.25, 0.3) is 0 Å². The molecule has 1 radical (unpaired) electrons. The van der Waals surface area contributed by atoms with Gasteiger partial charge >= 0.3 is 0 Å². The van der Waals surface area contributed by atoms with E-state index < -0.39 is 0 Å². The maximum Gasteiger partial charge on any atom is -0.0289 e. The molecule has 0 heteroatoms. The molecule has 0 spiro atoms. The number of hydrogen-bond donors (Lipinski definition) is 0. The summed E-state index contributed by atoms with van der Waals surface area (Å²) in [7, 11) is 0. The Hall–Kier alpha value is 0. The maximum atomic E-state index is 2.47. The SMILES string of the molecule is CCC(C)CC1[CH]C1(C)C. The lowest BCUT2D eigenvalue weighted by molar-refractivity contribution is 0.429. The molecule has 0 N–H and O–H groups in total. The molecule has 0 nitrogen and oxygen atoms in total. The molecule has 1 aliphatic carbocycles. The van der Waals surface area contributed by atoms with Crippen molar-refractivity contribution >= 4 is 0 Å². The highest BCUT2D eigenvalue weighted by Gasteiger charge is 2.45. The Morgan fingerprint density at radius 2 is 2.00 bits per heavy atom. The van der Waals surface area contributed by atoms with Gasteiger partial charge in [-0.2, -0.15) is 0 Å². The highest BCUT2D eigenvalue weighted by atomic mass is 14.5. The Morgan fingerprint density at radius 3 is 2.30 bits per heavy atom. The van der Waals surface area contributed by atoms with Crippen LogP contribution in [0.2, 0.25) is 0 Å². The van der Waals surface area contributed by atoms with Crippen LogP contribution in [0.5, 0.6) is 0 Å². The molecule has 1 fully saturated rings. The average Bonchev–Trinajstić information content (AvgIpc) is 2.40. The van der Waals surface area contributed by atoms with E-state index in [1.165, 1.54) is 12.8 Å². The Balaban J connectivity index is 2.17. The third-order valence-electron chi connectivity index (χ3n) is 2.83. The molecule has 0 aromatic heterocycles. The van der Waals surface area contributed by atoms with Crippen LogP contribution in [0, 0.1) is 23.7 Å². The first-order valence-corrected chi connectivity index (χ1v) is 4.42. The van der Waals surface area contributed by atoms with Crippen molar-refractivity contribution in [2.24, 2.45) is 17.3 Å². The van der Waals surface area contributed by atoms with E-state index >= 15 is 0 Å². The largest absolute Gasteiger partial charge is 0.0651 e. The number of rotatable bonds is 3. The highest BCUT2D eigenvalue weighted by Crippen LogP contribution is 2.53. The lowest BCUT2D eigenvalue weighted by atomic mass is 9.98. The molecule has 1 aliphatic rings. The van der Waals surface area contributed by atoms with Crippen LogP contribution in [-0.4, -0.2) is 0 Å². The second-order valence-corrected chi connectivity index (χ2v) is 4.34. The summed E-state index contributed by atoms with van der Waals surface area (Å²) in [5.74, 6) is 1.84. The molecule has 2 atom stereocenters. The lowest BCUT2D eigenvalue weighted by Crippen LogP contribution is -1.97. The molecule has 0 saturated heterocycles. The normalized spacial score (nSPS) is 31.8. The second-order valence-electron chi connectivity index (χ2n) is 4.34. The van der Waals surface area contributed by atoms with Crippen molar-refractivity contribution in [1.82, 2.24) is 0 Å². The zero-order valence-electron chi connectivity index (χ0n) is 7.65. The van der Waals surface area contributed by atoms with Gasteiger partial charge in [0.2, 0.25) is 0 Å². The summed E-state index contributed by atoms with van der Waals surface area (Å²) in [5, 5.41) is 0. The molecule has 1 rings (SSSR count). The van der Waals surface area contributed by atoms with E-state index in [1.807, 2.05) is 0 Å². The summed E-state index contributed by atoms with van der Waals surface area (Å²) in [4.78, 5) is 0. The molecule has 2 unspecified atom stereocenters. The molecule has 0 heterocycles. The van der Waals surface area contributed by atoms with E-state index in [-0.39, 0.29) is 0 Å². The van der Waals surface area contributed by atoms with Gasteiger partial charge in [0.1, 0.15) is 0 Å². The van der Waals surface area contributed by atoms with Crippen molar-refractivity contribution < 1.29 is 0 Å². The molecule has 0 amide bonds. The summed E-state index contributed by atoms with van der Waals surface area (Å²) in [6.45, 7) is 9.29. The summed E-state index contributed by atoms with van der Waals surface area (Å²) in [6, 6.07) is 0. The van der Waals surface area contributed by atoms with Crippen LogP contribution in [0.4, 0.5) is 0 Å².